The molecule has 1 N–H and O–H groups in total. The van der Waals surface area contributed by atoms with Gasteiger partial charge in [-0.25, -0.2) is 0 Å². The molecule has 0 saturated heterocycles. The molecular weight excluding hydrogens is 470 g/mol. The summed E-state index contributed by atoms with van der Waals surface area (Å²) in [6.07, 6.45) is 4.69. The Labute approximate surface area is 193 Å². The first-order chi connectivity index (χ1) is 14.5. The Kier molecular flexibility index (Phi) is 6.67. The fourth-order valence-corrected chi connectivity index (χ4v) is 3.74. The number of benzene rings is 2. The van der Waals surface area contributed by atoms with Gasteiger partial charge in [0.05, 0.1) is 21.0 Å². The molecular formula is C23H17Cl3F3NO. The van der Waals surface area contributed by atoms with Crippen LogP contribution in [-0.4, -0.2) is 17.6 Å². The van der Waals surface area contributed by atoms with Crippen LogP contribution in [0.25, 0.3) is 6.08 Å². The van der Waals surface area contributed by atoms with Crippen molar-refractivity contribution in [3.63, 3.8) is 0 Å². The van der Waals surface area contributed by atoms with Gasteiger partial charge in [0.2, 0.25) is 0 Å². The van der Waals surface area contributed by atoms with Gasteiger partial charge in [0.25, 0.3) is 5.91 Å². The van der Waals surface area contributed by atoms with Gasteiger partial charge in [-0.15, -0.1) is 6.42 Å². The minimum Gasteiger partial charge on any atom is -0.336 e. The first-order valence-electron chi connectivity index (χ1n) is 9.26. The number of hydrogen-bond donors (Lipinski definition) is 1. The van der Waals surface area contributed by atoms with Gasteiger partial charge in [0.1, 0.15) is 5.54 Å². The van der Waals surface area contributed by atoms with Crippen molar-refractivity contribution in [2.75, 3.05) is 0 Å². The lowest BCUT2D eigenvalue weighted by atomic mass is 9.96. The number of nitrogens with one attached hydrogen (secondary N) is 1. The Morgan fingerprint density at radius 3 is 2.29 bits per heavy atom. The van der Waals surface area contributed by atoms with E-state index >= 15 is 0 Å². The Bertz CT molecular complexity index is 1080. The van der Waals surface area contributed by atoms with Crippen LogP contribution in [0.15, 0.2) is 36.4 Å². The van der Waals surface area contributed by atoms with Crippen LogP contribution in [0, 0.1) is 19.3 Å². The molecule has 1 aliphatic carbocycles. The van der Waals surface area contributed by atoms with Gasteiger partial charge in [-0.1, -0.05) is 65.0 Å². The fourth-order valence-electron chi connectivity index (χ4n) is 3.13. The fraction of sp³-hybridized carbons (Fsp3) is 0.261. The van der Waals surface area contributed by atoms with Crippen LogP contribution < -0.4 is 5.32 Å². The number of carbonyl (C=O) groups excluding carboxylic acids is 1. The van der Waals surface area contributed by atoms with E-state index in [4.69, 9.17) is 41.2 Å². The average Bonchev–Trinajstić information content (AvgIpc) is 3.45. The molecule has 31 heavy (non-hydrogen) atoms. The number of carbonyl (C=O) groups is 1. The van der Waals surface area contributed by atoms with Crippen molar-refractivity contribution < 1.29 is 18.0 Å². The third-order valence-corrected chi connectivity index (χ3v) is 6.27. The van der Waals surface area contributed by atoms with Crippen LogP contribution in [0.4, 0.5) is 13.2 Å². The van der Waals surface area contributed by atoms with E-state index in [1.54, 1.807) is 25.1 Å². The van der Waals surface area contributed by atoms with Crippen LogP contribution in [0.3, 0.4) is 0 Å². The van der Waals surface area contributed by atoms with Crippen molar-refractivity contribution in [3.8, 4) is 12.3 Å². The third-order valence-electron chi connectivity index (χ3n) is 5.07. The second-order valence-corrected chi connectivity index (χ2v) is 8.62. The molecule has 1 aliphatic rings. The highest BCUT2D eigenvalue weighted by Crippen LogP contribution is 2.41. The molecule has 1 amide bonds. The van der Waals surface area contributed by atoms with E-state index in [0.717, 1.165) is 31.1 Å². The topological polar surface area (TPSA) is 29.1 Å². The molecule has 0 aliphatic heterocycles. The van der Waals surface area contributed by atoms with Crippen molar-refractivity contribution in [1.82, 2.24) is 5.32 Å². The van der Waals surface area contributed by atoms with Gasteiger partial charge in [0, 0.05) is 5.56 Å². The molecule has 1 saturated carbocycles. The van der Waals surface area contributed by atoms with Crippen molar-refractivity contribution in [2.45, 2.75) is 37.4 Å². The minimum absolute atomic E-state index is 0.000657. The first kappa shape index (κ1) is 23.5. The van der Waals surface area contributed by atoms with E-state index in [2.05, 4.69) is 11.2 Å². The number of terminal acetylenes is 1. The second-order valence-electron chi connectivity index (χ2n) is 7.43. The summed E-state index contributed by atoms with van der Waals surface area (Å²) < 4.78 is 41.0. The smallest absolute Gasteiger partial charge is 0.336 e. The number of amides is 1. The second kappa shape index (κ2) is 8.78. The van der Waals surface area contributed by atoms with E-state index in [9.17, 15) is 18.0 Å². The summed E-state index contributed by atoms with van der Waals surface area (Å²) in [6, 6.07) is 7.07. The molecule has 2 aromatic carbocycles. The summed E-state index contributed by atoms with van der Waals surface area (Å²) in [6.45, 7) is 1.71. The summed E-state index contributed by atoms with van der Waals surface area (Å²) in [5.74, 6) is 0.341. The maximum absolute atomic E-state index is 13.7. The summed E-state index contributed by atoms with van der Waals surface area (Å²) in [5.41, 5.74) is 0.840. The molecule has 3 rings (SSSR count). The predicted molar refractivity (Wildman–Crippen MR) is 119 cm³/mol. The van der Waals surface area contributed by atoms with Crippen molar-refractivity contribution >= 4 is 46.8 Å². The average molecular weight is 487 g/mol. The van der Waals surface area contributed by atoms with E-state index in [1.807, 2.05) is 0 Å². The van der Waals surface area contributed by atoms with Gasteiger partial charge >= 0.3 is 6.18 Å². The maximum atomic E-state index is 13.7. The van der Waals surface area contributed by atoms with E-state index < -0.39 is 17.6 Å². The quantitative estimate of drug-likeness (QED) is 0.351. The highest BCUT2D eigenvalue weighted by molar-refractivity contribution is 6.48. The number of alkyl halides is 3. The standard InChI is InChI=1S/C23H17Cl3F3NO/c1-3-22(8-9-22)30-21(31)16-6-4-14(10-13(16)2)5-7-17(23(27,28)29)15-11-18(24)20(26)19(25)12-15/h1,4-7,10-12,17H,8-9H2,2H3,(H,30,31)/b7-5+. The Morgan fingerprint density at radius 2 is 1.81 bits per heavy atom. The van der Waals surface area contributed by atoms with E-state index in [-0.39, 0.29) is 26.5 Å². The Hall–Kier alpha value is -2.13. The molecule has 2 nitrogen and oxygen atoms in total. The maximum Gasteiger partial charge on any atom is 0.399 e. The molecule has 0 aromatic heterocycles. The lowest BCUT2D eigenvalue weighted by Gasteiger charge is -2.18. The van der Waals surface area contributed by atoms with Crippen LogP contribution in [0.5, 0.6) is 0 Å². The van der Waals surface area contributed by atoms with E-state index in [1.165, 1.54) is 6.08 Å². The molecule has 0 radical (unpaired) electrons. The first-order valence-corrected chi connectivity index (χ1v) is 10.4. The molecule has 2 aromatic rings. The van der Waals surface area contributed by atoms with Gasteiger partial charge in [-0.2, -0.15) is 13.2 Å². The number of aryl methyl sites for hydroxylation is 1. The number of rotatable bonds is 5. The van der Waals surface area contributed by atoms with Gasteiger partial charge in [-0.3, -0.25) is 4.79 Å². The summed E-state index contributed by atoms with van der Waals surface area (Å²) in [7, 11) is 0. The predicted octanol–water partition coefficient (Wildman–Crippen LogP) is 7.21. The lowest BCUT2D eigenvalue weighted by molar-refractivity contribution is -0.139. The zero-order valence-electron chi connectivity index (χ0n) is 16.3. The Balaban J connectivity index is 1.85. The number of allylic oxidation sites excluding steroid dienone is 1. The van der Waals surface area contributed by atoms with Crippen molar-refractivity contribution in [1.29, 1.82) is 0 Å². The monoisotopic (exact) mass is 485 g/mol. The van der Waals surface area contributed by atoms with Gasteiger partial charge in [0.15, 0.2) is 0 Å². The summed E-state index contributed by atoms with van der Waals surface area (Å²) >= 11 is 17.6. The van der Waals surface area contributed by atoms with Gasteiger partial charge < -0.3 is 5.32 Å². The summed E-state index contributed by atoms with van der Waals surface area (Å²) in [5, 5.41) is 2.71. The van der Waals surface area contributed by atoms with Crippen LogP contribution in [-0.2, 0) is 0 Å². The lowest BCUT2D eigenvalue weighted by Crippen LogP contribution is -2.35. The van der Waals surface area contributed by atoms with Crippen molar-refractivity contribution in [2.24, 2.45) is 0 Å². The van der Waals surface area contributed by atoms with Crippen molar-refractivity contribution in [3.05, 3.63) is 73.7 Å². The highest BCUT2D eigenvalue weighted by Gasteiger charge is 2.42. The zero-order valence-corrected chi connectivity index (χ0v) is 18.6. The van der Waals surface area contributed by atoms with Crippen LogP contribution in [0.2, 0.25) is 15.1 Å². The SMILES string of the molecule is C#CC1(NC(=O)c2ccc(/C=C/C(c3cc(Cl)c(Cl)c(Cl)c3)C(F)(F)F)cc2C)CC1. The van der Waals surface area contributed by atoms with E-state index in [0.29, 0.717) is 16.7 Å². The molecule has 0 spiro atoms. The summed E-state index contributed by atoms with van der Waals surface area (Å²) in [4.78, 5) is 12.5. The number of hydrogen-bond acceptors (Lipinski definition) is 1. The molecule has 0 bridgehead atoms. The molecule has 0 heterocycles. The normalized spacial score (nSPS) is 16.1. The molecule has 1 unspecified atom stereocenters. The Morgan fingerprint density at radius 1 is 1.19 bits per heavy atom. The number of halogens is 6. The van der Waals surface area contributed by atoms with Crippen LogP contribution in [0.1, 0.15) is 45.8 Å². The third kappa shape index (κ3) is 5.38. The zero-order chi connectivity index (χ0) is 23.0. The molecule has 1 atom stereocenters. The van der Waals surface area contributed by atoms with Crippen LogP contribution >= 0.6 is 34.8 Å². The molecule has 162 valence electrons. The van der Waals surface area contributed by atoms with Gasteiger partial charge in [-0.05, 0) is 54.7 Å². The highest BCUT2D eigenvalue weighted by atomic mass is 35.5. The largest absolute Gasteiger partial charge is 0.399 e. The minimum atomic E-state index is -4.57. The molecule has 8 heteroatoms. The molecule has 1 fully saturated rings.